The number of aliphatic imine (C=N–C) groups is 1. The molecule has 0 saturated carbocycles. The van der Waals surface area contributed by atoms with E-state index in [9.17, 15) is 0 Å². The van der Waals surface area contributed by atoms with Crippen LogP contribution in [-0.4, -0.2) is 42.0 Å². The van der Waals surface area contributed by atoms with E-state index in [0.29, 0.717) is 13.1 Å². The number of nitrogens with one attached hydrogen (secondary N) is 2. The van der Waals surface area contributed by atoms with Gasteiger partial charge in [-0.3, -0.25) is 0 Å². The highest BCUT2D eigenvalue weighted by Crippen LogP contribution is 2.26. The molecule has 1 heterocycles. The minimum Gasteiger partial charge on any atom is -0.493 e. The van der Waals surface area contributed by atoms with Gasteiger partial charge in [-0.1, -0.05) is 24.3 Å². The van der Waals surface area contributed by atoms with Gasteiger partial charge in [0.2, 0.25) is 0 Å². The molecule has 0 fully saturated rings. The van der Waals surface area contributed by atoms with E-state index in [1.54, 1.807) is 13.3 Å². The molecule has 7 nitrogen and oxygen atoms in total. The van der Waals surface area contributed by atoms with Crippen molar-refractivity contribution in [2.24, 2.45) is 4.99 Å². The Bertz CT molecular complexity index is 947. The van der Waals surface area contributed by atoms with Gasteiger partial charge in [0, 0.05) is 18.9 Å². The molecule has 8 heteroatoms. The van der Waals surface area contributed by atoms with Crippen molar-refractivity contribution in [3.8, 4) is 17.2 Å². The standard InChI is InChI=1S/C23H29N5O2.HI/c1-4-24-23(25-16-18(2)30-22-12-6-5-11-21(22)29-3)26-17-19-9-7-10-20(15-19)28-14-8-13-27-28;/h5-15,18H,4,16-17H2,1-3H3,(H2,24,25,26);1H. The average Bonchev–Trinajstić information content (AvgIpc) is 3.31. The molecule has 2 aromatic carbocycles. The number of ether oxygens (including phenoxy) is 2. The van der Waals surface area contributed by atoms with Crippen molar-refractivity contribution >= 4 is 29.9 Å². The van der Waals surface area contributed by atoms with Crippen LogP contribution in [-0.2, 0) is 6.54 Å². The Morgan fingerprint density at radius 2 is 1.90 bits per heavy atom. The predicted molar refractivity (Wildman–Crippen MR) is 135 cm³/mol. The smallest absolute Gasteiger partial charge is 0.191 e. The molecule has 1 unspecified atom stereocenters. The largest absolute Gasteiger partial charge is 0.493 e. The van der Waals surface area contributed by atoms with E-state index in [0.717, 1.165) is 35.3 Å². The molecule has 31 heavy (non-hydrogen) atoms. The van der Waals surface area contributed by atoms with Crippen molar-refractivity contribution in [3.05, 3.63) is 72.6 Å². The Morgan fingerprint density at radius 1 is 1.10 bits per heavy atom. The average molecular weight is 535 g/mol. The van der Waals surface area contributed by atoms with Gasteiger partial charge < -0.3 is 20.1 Å². The second kappa shape index (κ2) is 12.8. The van der Waals surface area contributed by atoms with E-state index in [1.165, 1.54) is 0 Å². The lowest BCUT2D eigenvalue weighted by molar-refractivity contribution is 0.213. The van der Waals surface area contributed by atoms with Gasteiger partial charge in [-0.15, -0.1) is 24.0 Å². The molecular weight excluding hydrogens is 505 g/mol. The van der Waals surface area contributed by atoms with E-state index >= 15 is 0 Å². The van der Waals surface area contributed by atoms with Crippen LogP contribution in [0.3, 0.4) is 0 Å². The van der Waals surface area contributed by atoms with Gasteiger partial charge in [-0.2, -0.15) is 5.10 Å². The molecule has 0 spiro atoms. The number of nitrogens with zero attached hydrogens (tertiary/aromatic N) is 3. The van der Waals surface area contributed by atoms with Gasteiger partial charge in [0.25, 0.3) is 0 Å². The summed E-state index contributed by atoms with van der Waals surface area (Å²) in [6.45, 7) is 6.01. The minimum atomic E-state index is -0.0618. The highest BCUT2D eigenvalue weighted by molar-refractivity contribution is 14.0. The van der Waals surface area contributed by atoms with Crippen molar-refractivity contribution in [2.75, 3.05) is 20.2 Å². The van der Waals surface area contributed by atoms with Crippen LogP contribution in [0.1, 0.15) is 19.4 Å². The highest BCUT2D eigenvalue weighted by atomic mass is 127. The first-order chi connectivity index (χ1) is 14.7. The Kier molecular flexibility index (Phi) is 10.2. The normalized spacial score (nSPS) is 11.9. The van der Waals surface area contributed by atoms with E-state index < -0.39 is 0 Å². The third-order valence-corrected chi connectivity index (χ3v) is 4.40. The van der Waals surface area contributed by atoms with Crippen molar-refractivity contribution in [3.63, 3.8) is 0 Å². The molecule has 1 aromatic heterocycles. The van der Waals surface area contributed by atoms with Gasteiger partial charge in [-0.05, 0) is 49.7 Å². The summed E-state index contributed by atoms with van der Waals surface area (Å²) in [7, 11) is 1.64. The van der Waals surface area contributed by atoms with Gasteiger partial charge in [-0.25, -0.2) is 9.67 Å². The van der Waals surface area contributed by atoms with Crippen LogP contribution in [0.15, 0.2) is 72.0 Å². The molecule has 1 atom stereocenters. The van der Waals surface area contributed by atoms with E-state index in [4.69, 9.17) is 14.5 Å². The number of aromatic nitrogens is 2. The van der Waals surface area contributed by atoms with Crippen LogP contribution in [0.25, 0.3) is 5.69 Å². The number of hydrogen-bond acceptors (Lipinski definition) is 4. The van der Waals surface area contributed by atoms with Crippen molar-refractivity contribution in [2.45, 2.75) is 26.5 Å². The first-order valence-corrected chi connectivity index (χ1v) is 10.1. The van der Waals surface area contributed by atoms with E-state index in [2.05, 4.69) is 27.9 Å². The summed E-state index contributed by atoms with van der Waals surface area (Å²) in [6, 6.07) is 17.8. The first-order valence-electron chi connectivity index (χ1n) is 10.1. The zero-order valence-corrected chi connectivity index (χ0v) is 20.4. The lowest BCUT2D eigenvalue weighted by atomic mass is 10.2. The minimum absolute atomic E-state index is 0. The van der Waals surface area contributed by atoms with Crippen molar-refractivity contribution in [1.82, 2.24) is 20.4 Å². The zero-order valence-electron chi connectivity index (χ0n) is 18.1. The van der Waals surface area contributed by atoms with Crippen LogP contribution in [0.5, 0.6) is 11.5 Å². The van der Waals surface area contributed by atoms with Gasteiger partial charge in [0.1, 0.15) is 6.10 Å². The Hall–Kier alpha value is -2.75. The summed E-state index contributed by atoms with van der Waals surface area (Å²) >= 11 is 0. The molecule has 0 radical (unpaired) electrons. The van der Waals surface area contributed by atoms with Gasteiger partial charge >= 0.3 is 0 Å². The number of hydrogen-bond donors (Lipinski definition) is 2. The second-order valence-corrected chi connectivity index (χ2v) is 6.78. The molecule has 0 bridgehead atoms. The number of methoxy groups -OCH3 is 1. The van der Waals surface area contributed by atoms with Crippen molar-refractivity contribution in [1.29, 1.82) is 0 Å². The van der Waals surface area contributed by atoms with Crippen LogP contribution in [0.2, 0.25) is 0 Å². The Balaban J connectivity index is 0.00000341. The molecule has 0 aliphatic rings. The maximum Gasteiger partial charge on any atom is 0.191 e. The SMILES string of the molecule is CCNC(=NCc1cccc(-n2cccn2)c1)NCC(C)Oc1ccccc1OC.I. The number of benzene rings is 2. The fraction of sp³-hybridized carbons (Fsp3) is 0.304. The molecule has 2 N–H and O–H groups in total. The summed E-state index contributed by atoms with van der Waals surface area (Å²) in [4.78, 5) is 4.70. The van der Waals surface area contributed by atoms with Crippen LogP contribution < -0.4 is 20.1 Å². The fourth-order valence-electron chi connectivity index (χ4n) is 2.95. The number of rotatable bonds is 9. The summed E-state index contributed by atoms with van der Waals surface area (Å²) in [6.07, 6.45) is 3.64. The topological polar surface area (TPSA) is 72.7 Å². The van der Waals surface area contributed by atoms with Crippen molar-refractivity contribution < 1.29 is 9.47 Å². The third-order valence-electron chi connectivity index (χ3n) is 4.40. The maximum atomic E-state index is 6.00. The molecule has 0 aliphatic carbocycles. The number of para-hydroxylation sites is 2. The third kappa shape index (κ3) is 7.46. The number of guanidine groups is 1. The number of halogens is 1. The second-order valence-electron chi connectivity index (χ2n) is 6.78. The predicted octanol–water partition coefficient (Wildman–Crippen LogP) is 4.02. The zero-order chi connectivity index (χ0) is 21.2. The van der Waals surface area contributed by atoms with Gasteiger partial charge in [0.15, 0.2) is 17.5 Å². The summed E-state index contributed by atoms with van der Waals surface area (Å²) < 4.78 is 13.2. The van der Waals surface area contributed by atoms with E-state index in [-0.39, 0.29) is 30.1 Å². The molecule has 166 valence electrons. The highest BCUT2D eigenvalue weighted by Gasteiger charge is 2.09. The molecular formula is C23H30IN5O2. The van der Waals surface area contributed by atoms with Crippen LogP contribution in [0.4, 0.5) is 0 Å². The lowest BCUT2D eigenvalue weighted by Crippen LogP contribution is -2.41. The Morgan fingerprint density at radius 3 is 2.61 bits per heavy atom. The summed E-state index contributed by atoms with van der Waals surface area (Å²) in [5.74, 6) is 2.20. The molecule has 3 aromatic rings. The maximum absolute atomic E-state index is 6.00. The van der Waals surface area contributed by atoms with Gasteiger partial charge in [0.05, 0.1) is 25.9 Å². The quantitative estimate of drug-likeness (QED) is 0.246. The fourth-order valence-corrected chi connectivity index (χ4v) is 2.95. The molecule has 0 amide bonds. The Labute approximate surface area is 200 Å². The van der Waals surface area contributed by atoms with E-state index in [1.807, 2.05) is 67.2 Å². The summed E-state index contributed by atoms with van der Waals surface area (Å²) in [5.41, 5.74) is 2.13. The monoisotopic (exact) mass is 535 g/mol. The lowest BCUT2D eigenvalue weighted by Gasteiger charge is -2.19. The first kappa shape index (κ1) is 24.5. The molecule has 3 rings (SSSR count). The van der Waals surface area contributed by atoms with Crippen LogP contribution >= 0.6 is 24.0 Å². The molecule has 0 aliphatic heterocycles. The summed E-state index contributed by atoms with van der Waals surface area (Å²) in [5, 5.41) is 10.9. The van der Waals surface area contributed by atoms with Crippen LogP contribution in [0, 0.1) is 0 Å². The molecule has 0 saturated heterocycles.